The number of likely N-dealkylation sites (tertiary alicyclic amines) is 1. The molecule has 132 valence electrons. The Kier molecular flexibility index (Phi) is 9.41. The molecule has 0 bridgehead atoms. The van der Waals surface area contributed by atoms with Crippen molar-refractivity contribution in [3.8, 4) is 0 Å². The maximum Gasteiger partial charge on any atom is 0.211 e. The number of aromatic nitrogens is 2. The molecule has 1 aliphatic heterocycles. The van der Waals surface area contributed by atoms with Crippen LogP contribution in [0.15, 0.2) is 12.4 Å². The molecule has 2 unspecified atom stereocenters. The first-order valence-electron chi connectivity index (χ1n) is 8.14. The predicted octanol–water partition coefficient (Wildman–Crippen LogP) is 2.42. The van der Waals surface area contributed by atoms with E-state index >= 15 is 0 Å². The first kappa shape index (κ1) is 21.3. The highest BCUT2D eigenvalue weighted by molar-refractivity contribution is 5.69. The van der Waals surface area contributed by atoms with E-state index in [1.165, 1.54) is 20.0 Å². The lowest BCUT2D eigenvalue weighted by atomic mass is 10.1. The zero-order valence-corrected chi connectivity index (χ0v) is 15.5. The fourth-order valence-corrected chi connectivity index (χ4v) is 2.89. The number of anilines is 1. The summed E-state index contributed by atoms with van der Waals surface area (Å²) in [5, 5.41) is 6.29. The van der Waals surface area contributed by atoms with Gasteiger partial charge >= 0.3 is 0 Å². The van der Waals surface area contributed by atoms with E-state index in [0.717, 1.165) is 18.1 Å². The van der Waals surface area contributed by atoms with Crippen LogP contribution >= 0.6 is 0 Å². The third-order valence-electron chi connectivity index (χ3n) is 4.24. The Bertz CT molecular complexity index is 457. The summed E-state index contributed by atoms with van der Waals surface area (Å²) in [6.07, 6.45) is 4.67. The first-order chi connectivity index (χ1) is 10.9. The molecule has 6 nitrogen and oxygen atoms in total. The molecule has 1 N–H and O–H groups in total. The molecule has 1 saturated heterocycles. The van der Waals surface area contributed by atoms with Crippen molar-refractivity contribution in [3.05, 3.63) is 12.4 Å². The average molecular weight is 324 g/mol. The van der Waals surface area contributed by atoms with Crippen molar-refractivity contribution in [2.45, 2.75) is 34.6 Å². The molecule has 1 aromatic heterocycles. The number of rotatable bonds is 2. The number of piperidine rings is 1. The fraction of sp³-hybridized carbons (Fsp3) is 0.706. The third-order valence-corrected chi connectivity index (χ3v) is 4.24. The summed E-state index contributed by atoms with van der Waals surface area (Å²) >= 11 is 0. The first-order valence-corrected chi connectivity index (χ1v) is 8.14. The van der Waals surface area contributed by atoms with Crippen LogP contribution in [0.4, 0.5) is 5.69 Å². The third kappa shape index (κ3) is 6.52. The van der Waals surface area contributed by atoms with Crippen molar-refractivity contribution in [2.75, 3.05) is 25.5 Å². The fourth-order valence-electron chi connectivity index (χ4n) is 2.89. The van der Waals surface area contributed by atoms with E-state index < -0.39 is 0 Å². The Hall–Kier alpha value is -1.69. The van der Waals surface area contributed by atoms with Gasteiger partial charge in [0.2, 0.25) is 6.41 Å². The lowest BCUT2D eigenvalue weighted by molar-refractivity contribution is -0.106. The molecule has 1 aromatic rings. The number of carbonyl (C=O) groups is 2. The molecule has 1 saturated carbocycles. The average Bonchev–Trinajstić information content (AvgIpc) is 2.89. The van der Waals surface area contributed by atoms with Crippen LogP contribution in [0.2, 0.25) is 0 Å². The molecule has 2 fully saturated rings. The van der Waals surface area contributed by atoms with E-state index in [0.29, 0.717) is 17.5 Å². The number of hydrogen-bond donors (Lipinski definition) is 1. The van der Waals surface area contributed by atoms with Crippen molar-refractivity contribution in [1.29, 1.82) is 0 Å². The van der Waals surface area contributed by atoms with Gasteiger partial charge in [0.05, 0.1) is 11.9 Å². The highest BCUT2D eigenvalue weighted by Gasteiger charge is 2.60. The minimum atomic E-state index is 0.622. The second-order valence-electron chi connectivity index (χ2n) is 6.16. The normalized spacial score (nSPS) is 22.7. The number of carbonyl (C=O) groups excluding carboxylic acids is 2. The van der Waals surface area contributed by atoms with Gasteiger partial charge in [-0.15, -0.1) is 0 Å². The van der Waals surface area contributed by atoms with Crippen LogP contribution in [0.25, 0.3) is 0 Å². The highest BCUT2D eigenvalue weighted by Crippen LogP contribution is 2.61. The summed E-state index contributed by atoms with van der Waals surface area (Å²) in [6.45, 7) is 12.9. The maximum absolute atomic E-state index is 9.84. The number of hydrogen-bond acceptors (Lipinski definition) is 4. The second-order valence-corrected chi connectivity index (χ2v) is 6.16. The van der Waals surface area contributed by atoms with Gasteiger partial charge in [0.1, 0.15) is 6.29 Å². The predicted molar refractivity (Wildman–Crippen MR) is 94.2 cm³/mol. The van der Waals surface area contributed by atoms with Crippen molar-refractivity contribution >= 4 is 18.4 Å². The molecule has 1 aliphatic carbocycles. The number of nitrogens with zero attached hydrogens (tertiary/aromatic N) is 3. The van der Waals surface area contributed by atoms with Gasteiger partial charge in [0.25, 0.3) is 0 Å². The van der Waals surface area contributed by atoms with Crippen LogP contribution in [0.3, 0.4) is 0 Å². The smallest absolute Gasteiger partial charge is 0.211 e. The summed E-state index contributed by atoms with van der Waals surface area (Å²) in [4.78, 5) is 21.1. The standard InChI is InChI=1S/C8H15N.C5H7N3O.C2H4O.C2H6/c1-8(2)6-4-9(3)5-7(6)8;1-8-3-5(2-7-8)6-4-9;1-2-3;1-2/h6-7H,4-5H2,1-3H3;2-4H,1H3,(H,6,9);2H,1H3;1-2H3. The molecule has 1 amide bonds. The van der Waals surface area contributed by atoms with Crippen LogP contribution < -0.4 is 5.32 Å². The molecule has 0 spiro atoms. The number of nitrogens with one attached hydrogen (secondary N) is 1. The van der Waals surface area contributed by atoms with Crippen molar-refractivity contribution in [3.63, 3.8) is 0 Å². The van der Waals surface area contributed by atoms with Crippen molar-refractivity contribution in [2.24, 2.45) is 24.3 Å². The van der Waals surface area contributed by atoms with E-state index in [1.54, 1.807) is 24.1 Å². The molecule has 6 heteroatoms. The summed E-state index contributed by atoms with van der Waals surface area (Å²) in [5.41, 5.74) is 1.42. The molecule has 2 heterocycles. The largest absolute Gasteiger partial charge is 0.326 e. The van der Waals surface area contributed by atoms with Gasteiger partial charge in [0.15, 0.2) is 0 Å². The van der Waals surface area contributed by atoms with E-state index in [4.69, 9.17) is 4.79 Å². The summed E-state index contributed by atoms with van der Waals surface area (Å²) in [5.74, 6) is 2.06. The molecular weight excluding hydrogens is 292 g/mol. The second kappa shape index (κ2) is 10.2. The lowest BCUT2D eigenvalue weighted by Crippen LogP contribution is -2.21. The Labute approximate surface area is 140 Å². The molecule has 3 rings (SSSR count). The summed E-state index contributed by atoms with van der Waals surface area (Å²) < 4.78 is 1.62. The highest BCUT2D eigenvalue weighted by atomic mass is 16.1. The molecule has 23 heavy (non-hydrogen) atoms. The minimum Gasteiger partial charge on any atom is -0.326 e. The van der Waals surface area contributed by atoms with Gasteiger partial charge in [-0.3, -0.25) is 9.48 Å². The van der Waals surface area contributed by atoms with Gasteiger partial charge in [-0.2, -0.15) is 5.10 Å². The lowest BCUT2D eigenvalue weighted by Gasteiger charge is -2.15. The van der Waals surface area contributed by atoms with E-state index in [2.05, 4.69) is 36.2 Å². The van der Waals surface area contributed by atoms with Crippen LogP contribution in [0.5, 0.6) is 0 Å². The number of aldehydes is 1. The topological polar surface area (TPSA) is 67.2 Å². The molecule has 2 aliphatic rings. The van der Waals surface area contributed by atoms with Crippen LogP contribution in [-0.2, 0) is 16.6 Å². The zero-order valence-electron chi connectivity index (χ0n) is 15.5. The Morgan fingerprint density at radius 3 is 2.00 bits per heavy atom. The van der Waals surface area contributed by atoms with Crippen LogP contribution in [-0.4, -0.2) is 47.5 Å². The Balaban J connectivity index is 0.000000331. The van der Waals surface area contributed by atoms with E-state index in [-0.39, 0.29) is 0 Å². The monoisotopic (exact) mass is 324 g/mol. The van der Waals surface area contributed by atoms with Gasteiger partial charge in [-0.05, 0) is 31.2 Å². The Morgan fingerprint density at radius 2 is 1.70 bits per heavy atom. The van der Waals surface area contributed by atoms with Gasteiger partial charge in [-0.25, -0.2) is 0 Å². The van der Waals surface area contributed by atoms with Crippen LogP contribution in [0.1, 0.15) is 34.6 Å². The summed E-state index contributed by atoms with van der Waals surface area (Å²) in [7, 11) is 4.01. The minimum absolute atomic E-state index is 0.622. The number of amides is 1. The van der Waals surface area contributed by atoms with Crippen molar-refractivity contribution in [1.82, 2.24) is 14.7 Å². The van der Waals surface area contributed by atoms with Crippen LogP contribution in [0, 0.1) is 17.3 Å². The zero-order chi connectivity index (χ0) is 18.0. The molecule has 0 radical (unpaired) electrons. The SMILES string of the molecule is CC.CC=O.CN1CC2C(C1)C2(C)C.Cn1cc(NC=O)cn1. The van der Waals surface area contributed by atoms with E-state index in [1.807, 2.05) is 13.8 Å². The van der Waals surface area contributed by atoms with Gasteiger partial charge in [0, 0.05) is 26.3 Å². The molecular formula is C17H32N4O2. The summed E-state index contributed by atoms with van der Waals surface area (Å²) in [6, 6.07) is 0. The number of aryl methyl sites for hydroxylation is 1. The quantitative estimate of drug-likeness (QED) is 0.849. The van der Waals surface area contributed by atoms with Crippen molar-refractivity contribution < 1.29 is 9.59 Å². The molecule has 0 aromatic carbocycles. The molecule has 2 atom stereocenters. The Morgan fingerprint density at radius 1 is 1.22 bits per heavy atom. The van der Waals surface area contributed by atoms with E-state index in [9.17, 15) is 4.79 Å². The maximum atomic E-state index is 9.84. The van der Waals surface area contributed by atoms with Gasteiger partial charge < -0.3 is 15.0 Å². The van der Waals surface area contributed by atoms with Gasteiger partial charge in [-0.1, -0.05) is 27.7 Å². The number of fused-ring (bicyclic) bond motifs is 1.